The van der Waals surface area contributed by atoms with E-state index in [9.17, 15) is 9.59 Å². The Bertz CT molecular complexity index is 289. The lowest BCUT2D eigenvalue weighted by molar-refractivity contribution is -0.136. The van der Waals surface area contributed by atoms with Gasteiger partial charge in [-0.2, -0.15) is 0 Å². The fraction of sp³-hybridized carbons (Fsp3) is 0.846. The summed E-state index contributed by atoms with van der Waals surface area (Å²) < 4.78 is 4.84. The Kier molecular flexibility index (Phi) is 7.43. The van der Waals surface area contributed by atoms with E-state index in [-0.39, 0.29) is 24.5 Å². The summed E-state index contributed by atoms with van der Waals surface area (Å²) in [5, 5.41) is 6.15. The maximum Gasteiger partial charge on any atom is 0.248 e. The van der Waals surface area contributed by atoms with Crippen molar-refractivity contribution >= 4 is 11.8 Å². The summed E-state index contributed by atoms with van der Waals surface area (Å²) in [4.78, 5) is 25.1. The first kappa shape index (κ1) is 15.9. The highest BCUT2D eigenvalue weighted by molar-refractivity contribution is 5.78. The number of rotatable bonds is 7. The molecule has 0 aromatic carbocycles. The zero-order valence-corrected chi connectivity index (χ0v) is 11.9. The zero-order chi connectivity index (χ0) is 14.1. The minimum atomic E-state index is 0.0272. The molecule has 1 saturated heterocycles. The number of nitrogens with one attached hydrogen (secondary N) is 2. The highest BCUT2D eigenvalue weighted by Crippen LogP contribution is 2.10. The molecule has 0 radical (unpaired) electrons. The van der Waals surface area contributed by atoms with Crippen LogP contribution >= 0.6 is 0 Å². The molecule has 19 heavy (non-hydrogen) atoms. The summed E-state index contributed by atoms with van der Waals surface area (Å²) in [5.41, 5.74) is 0. The number of likely N-dealkylation sites (tertiary alicyclic amines) is 1. The van der Waals surface area contributed by atoms with Gasteiger partial charge in [0.25, 0.3) is 0 Å². The van der Waals surface area contributed by atoms with Crippen LogP contribution in [0.1, 0.15) is 26.2 Å². The van der Waals surface area contributed by atoms with E-state index in [1.54, 1.807) is 4.90 Å². The highest BCUT2D eigenvalue weighted by atomic mass is 16.5. The van der Waals surface area contributed by atoms with Crippen molar-refractivity contribution in [2.24, 2.45) is 0 Å². The number of hydrogen-bond acceptors (Lipinski definition) is 4. The molecule has 2 amide bonds. The van der Waals surface area contributed by atoms with Crippen molar-refractivity contribution in [3.05, 3.63) is 0 Å². The average Bonchev–Trinajstić information content (AvgIpc) is 2.40. The van der Waals surface area contributed by atoms with Gasteiger partial charge in [0, 0.05) is 39.2 Å². The molecule has 0 unspecified atom stereocenters. The van der Waals surface area contributed by atoms with Crippen LogP contribution < -0.4 is 10.6 Å². The van der Waals surface area contributed by atoms with E-state index in [2.05, 4.69) is 10.6 Å². The number of methoxy groups -OCH3 is 1. The van der Waals surface area contributed by atoms with Gasteiger partial charge in [-0.1, -0.05) is 6.92 Å². The molecule has 110 valence electrons. The average molecular weight is 271 g/mol. The molecular weight excluding hydrogens is 246 g/mol. The van der Waals surface area contributed by atoms with E-state index in [0.29, 0.717) is 26.1 Å². The number of ether oxygens (including phenoxy) is 1. The molecule has 6 nitrogen and oxygen atoms in total. The minimum absolute atomic E-state index is 0.0272. The van der Waals surface area contributed by atoms with Gasteiger partial charge in [-0.3, -0.25) is 9.59 Å². The topological polar surface area (TPSA) is 70.7 Å². The van der Waals surface area contributed by atoms with Crippen LogP contribution in [0.25, 0.3) is 0 Å². The Morgan fingerprint density at radius 2 is 2.00 bits per heavy atom. The fourth-order valence-electron chi connectivity index (χ4n) is 2.17. The maximum atomic E-state index is 11.7. The molecule has 0 spiro atoms. The first-order valence-corrected chi connectivity index (χ1v) is 6.94. The lowest BCUT2D eigenvalue weighted by atomic mass is 10.0. The number of carbonyl (C=O) groups excluding carboxylic acids is 2. The SMILES string of the molecule is CCNCCC(=O)NC1CCN(C(=O)COC)CC1. The number of carbonyl (C=O) groups is 2. The molecule has 0 aromatic rings. The van der Waals surface area contributed by atoms with E-state index in [1.165, 1.54) is 7.11 Å². The van der Waals surface area contributed by atoms with E-state index in [1.807, 2.05) is 6.92 Å². The second kappa shape index (κ2) is 8.87. The van der Waals surface area contributed by atoms with E-state index in [0.717, 1.165) is 19.4 Å². The molecule has 1 fully saturated rings. The molecule has 0 bridgehead atoms. The van der Waals surface area contributed by atoms with Crippen LogP contribution in [0.2, 0.25) is 0 Å². The fourth-order valence-corrected chi connectivity index (χ4v) is 2.17. The van der Waals surface area contributed by atoms with Crippen molar-refractivity contribution in [2.45, 2.75) is 32.2 Å². The van der Waals surface area contributed by atoms with Crippen molar-refractivity contribution in [3.8, 4) is 0 Å². The van der Waals surface area contributed by atoms with Gasteiger partial charge in [-0.15, -0.1) is 0 Å². The third-order valence-corrected chi connectivity index (χ3v) is 3.26. The second-order valence-electron chi connectivity index (χ2n) is 4.76. The maximum absolute atomic E-state index is 11.7. The lowest BCUT2D eigenvalue weighted by Crippen LogP contribution is -2.47. The molecule has 1 rings (SSSR count). The third kappa shape index (κ3) is 6.02. The summed E-state index contributed by atoms with van der Waals surface area (Å²) in [6.07, 6.45) is 2.15. The Morgan fingerprint density at radius 1 is 1.32 bits per heavy atom. The molecule has 0 aliphatic carbocycles. The highest BCUT2D eigenvalue weighted by Gasteiger charge is 2.23. The number of amides is 2. The van der Waals surface area contributed by atoms with Crippen molar-refractivity contribution in [2.75, 3.05) is 39.9 Å². The molecule has 1 heterocycles. The van der Waals surface area contributed by atoms with Crippen LogP contribution in [0.5, 0.6) is 0 Å². The molecule has 1 aliphatic rings. The normalized spacial score (nSPS) is 16.4. The van der Waals surface area contributed by atoms with Gasteiger partial charge in [-0.25, -0.2) is 0 Å². The summed E-state index contributed by atoms with van der Waals surface area (Å²) in [6, 6.07) is 0.195. The van der Waals surface area contributed by atoms with Gasteiger partial charge in [-0.05, 0) is 19.4 Å². The standard InChI is InChI=1S/C13H25N3O3/c1-3-14-7-4-12(17)15-11-5-8-16(9-6-11)13(18)10-19-2/h11,14H,3-10H2,1-2H3,(H,15,17). The molecular formula is C13H25N3O3. The quantitative estimate of drug-likeness (QED) is 0.626. The summed E-state index contributed by atoms with van der Waals surface area (Å²) in [7, 11) is 1.52. The second-order valence-corrected chi connectivity index (χ2v) is 4.76. The summed E-state index contributed by atoms with van der Waals surface area (Å²) >= 11 is 0. The molecule has 0 atom stereocenters. The van der Waals surface area contributed by atoms with E-state index < -0.39 is 0 Å². The predicted octanol–water partition coefficient (Wildman–Crippen LogP) is -0.260. The van der Waals surface area contributed by atoms with Crippen LogP contribution in [-0.4, -0.2) is 62.7 Å². The Balaban J connectivity index is 2.19. The van der Waals surface area contributed by atoms with Crippen LogP contribution in [0, 0.1) is 0 Å². The van der Waals surface area contributed by atoms with Crippen molar-refractivity contribution in [1.82, 2.24) is 15.5 Å². The number of hydrogen-bond donors (Lipinski definition) is 2. The first-order valence-electron chi connectivity index (χ1n) is 6.94. The van der Waals surface area contributed by atoms with Gasteiger partial charge in [0.15, 0.2) is 0 Å². The summed E-state index contributed by atoms with van der Waals surface area (Å²) in [6.45, 7) is 5.14. The monoisotopic (exact) mass is 271 g/mol. The number of piperidine rings is 1. The number of nitrogens with zero attached hydrogens (tertiary/aromatic N) is 1. The third-order valence-electron chi connectivity index (χ3n) is 3.26. The molecule has 0 aromatic heterocycles. The van der Waals surface area contributed by atoms with Crippen LogP contribution in [-0.2, 0) is 14.3 Å². The summed E-state index contributed by atoms with van der Waals surface area (Å²) in [5.74, 6) is 0.113. The molecule has 6 heteroatoms. The Hall–Kier alpha value is -1.14. The van der Waals surface area contributed by atoms with E-state index in [4.69, 9.17) is 4.74 Å². The Labute approximate surface area is 114 Å². The zero-order valence-electron chi connectivity index (χ0n) is 11.9. The predicted molar refractivity (Wildman–Crippen MR) is 72.8 cm³/mol. The molecule has 2 N–H and O–H groups in total. The van der Waals surface area contributed by atoms with Gasteiger partial charge in [0.2, 0.25) is 11.8 Å². The van der Waals surface area contributed by atoms with E-state index >= 15 is 0 Å². The van der Waals surface area contributed by atoms with Gasteiger partial charge >= 0.3 is 0 Å². The first-order chi connectivity index (χ1) is 9.17. The van der Waals surface area contributed by atoms with Crippen LogP contribution in [0.15, 0.2) is 0 Å². The van der Waals surface area contributed by atoms with Crippen LogP contribution in [0.3, 0.4) is 0 Å². The Morgan fingerprint density at radius 3 is 2.58 bits per heavy atom. The largest absolute Gasteiger partial charge is 0.375 e. The smallest absolute Gasteiger partial charge is 0.248 e. The van der Waals surface area contributed by atoms with Crippen molar-refractivity contribution in [1.29, 1.82) is 0 Å². The van der Waals surface area contributed by atoms with Gasteiger partial charge in [0.1, 0.15) is 6.61 Å². The minimum Gasteiger partial charge on any atom is -0.375 e. The van der Waals surface area contributed by atoms with Gasteiger partial charge < -0.3 is 20.3 Å². The lowest BCUT2D eigenvalue weighted by Gasteiger charge is -2.32. The van der Waals surface area contributed by atoms with Crippen LogP contribution in [0.4, 0.5) is 0 Å². The van der Waals surface area contributed by atoms with Crippen molar-refractivity contribution in [3.63, 3.8) is 0 Å². The molecule has 1 aliphatic heterocycles. The molecule has 0 saturated carbocycles. The van der Waals surface area contributed by atoms with Gasteiger partial charge in [0.05, 0.1) is 0 Å². The van der Waals surface area contributed by atoms with Crippen molar-refractivity contribution < 1.29 is 14.3 Å².